The summed E-state index contributed by atoms with van der Waals surface area (Å²) < 4.78 is 0. The zero-order valence-corrected chi connectivity index (χ0v) is 8.70. The van der Waals surface area contributed by atoms with Crippen molar-refractivity contribution in [2.75, 3.05) is 0 Å². The third-order valence-electron chi connectivity index (χ3n) is 2.26. The van der Waals surface area contributed by atoms with E-state index in [4.69, 9.17) is 0 Å². The van der Waals surface area contributed by atoms with Gasteiger partial charge in [0.2, 0.25) is 0 Å². The summed E-state index contributed by atoms with van der Waals surface area (Å²) in [6, 6.07) is 0. The number of H-pyrrole nitrogens is 1. The van der Waals surface area contributed by atoms with Gasteiger partial charge in [0, 0.05) is 5.92 Å². The van der Waals surface area contributed by atoms with E-state index in [0.29, 0.717) is 5.92 Å². The molecular formula is C10H14N4. The quantitative estimate of drug-likeness (QED) is 0.788. The zero-order valence-electron chi connectivity index (χ0n) is 8.70. The Labute approximate surface area is 82.8 Å². The van der Waals surface area contributed by atoms with Gasteiger partial charge in [0.15, 0.2) is 5.65 Å². The second-order valence-corrected chi connectivity index (χ2v) is 3.67. The minimum atomic E-state index is 0.355. The average Bonchev–Trinajstić information content (AvgIpc) is 2.63. The molecule has 2 aromatic rings. The van der Waals surface area contributed by atoms with E-state index in [-0.39, 0.29) is 0 Å². The highest BCUT2D eigenvalue weighted by Gasteiger charge is 2.09. The van der Waals surface area contributed by atoms with Crippen molar-refractivity contribution in [1.29, 1.82) is 0 Å². The molecule has 4 nitrogen and oxygen atoms in total. The number of aromatic nitrogens is 4. The monoisotopic (exact) mass is 190 g/mol. The number of aryl methyl sites for hydroxylation is 1. The lowest BCUT2D eigenvalue weighted by molar-refractivity contribution is 0.768. The summed E-state index contributed by atoms with van der Waals surface area (Å²) in [5.74, 6) is 1.24. The Morgan fingerprint density at radius 2 is 2.14 bits per heavy atom. The second kappa shape index (κ2) is 3.36. The predicted octanol–water partition coefficient (Wildman–Crippen LogP) is 2.04. The van der Waals surface area contributed by atoms with Crippen LogP contribution in [0.1, 0.15) is 38.2 Å². The van der Waals surface area contributed by atoms with Crippen molar-refractivity contribution < 1.29 is 0 Å². The maximum absolute atomic E-state index is 4.52. The SMILES string of the molecule is CCc1nc(C(C)C)nc2[nH]ncc12. The van der Waals surface area contributed by atoms with E-state index in [2.05, 4.69) is 40.9 Å². The molecular weight excluding hydrogens is 176 g/mol. The number of hydrogen-bond acceptors (Lipinski definition) is 3. The number of nitrogens with one attached hydrogen (secondary N) is 1. The minimum absolute atomic E-state index is 0.355. The number of fused-ring (bicyclic) bond motifs is 1. The molecule has 0 radical (unpaired) electrons. The maximum Gasteiger partial charge on any atom is 0.159 e. The van der Waals surface area contributed by atoms with Gasteiger partial charge in [-0.05, 0) is 6.42 Å². The molecule has 2 heterocycles. The second-order valence-electron chi connectivity index (χ2n) is 3.67. The number of aromatic amines is 1. The van der Waals surface area contributed by atoms with Crippen molar-refractivity contribution >= 4 is 11.0 Å². The van der Waals surface area contributed by atoms with Crippen LogP contribution in [0.4, 0.5) is 0 Å². The molecule has 0 aliphatic rings. The fourth-order valence-electron chi connectivity index (χ4n) is 1.44. The highest BCUT2D eigenvalue weighted by atomic mass is 15.1. The maximum atomic E-state index is 4.52. The minimum Gasteiger partial charge on any atom is -0.261 e. The third kappa shape index (κ3) is 1.36. The first-order valence-corrected chi connectivity index (χ1v) is 4.92. The molecule has 0 spiro atoms. The van der Waals surface area contributed by atoms with Crippen molar-refractivity contribution in [3.63, 3.8) is 0 Å². The van der Waals surface area contributed by atoms with Crippen LogP contribution in [0, 0.1) is 0 Å². The predicted molar refractivity (Wildman–Crippen MR) is 55.2 cm³/mol. The van der Waals surface area contributed by atoms with Crippen molar-refractivity contribution in [2.45, 2.75) is 33.1 Å². The van der Waals surface area contributed by atoms with Crippen LogP contribution >= 0.6 is 0 Å². The molecule has 0 fully saturated rings. The molecule has 0 bridgehead atoms. The molecule has 0 amide bonds. The molecule has 1 N–H and O–H groups in total. The highest BCUT2D eigenvalue weighted by molar-refractivity contribution is 5.76. The topological polar surface area (TPSA) is 54.5 Å². The molecule has 0 aliphatic carbocycles. The lowest BCUT2D eigenvalue weighted by Crippen LogP contribution is -2.01. The van der Waals surface area contributed by atoms with Crippen molar-refractivity contribution in [3.8, 4) is 0 Å². The van der Waals surface area contributed by atoms with Crippen LogP contribution in [0.3, 0.4) is 0 Å². The van der Waals surface area contributed by atoms with Crippen LogP contribution in [0.15, 0.2) is 6.20 Å². The van der Waals surface area contributed by atoms with Crippen LogP contribution < -0.4 is 0 Å². The fraction of sp³-hybridized carbons (Fsp3) is 0.500. The van der Waals surface area contributed by atoms with E-state index in [1.807, 2.05) is 0 Å². The summed E-state index contributed by atoms with van der Waals surface area (Å²) in [6.07, 6.45) is 2.70. The van der Waals surface area contributed by atoms with Gasteiger partial charge in [-0.3, -0.25) is 5.10 Å². The molecule has 14 heavy (non-hydrogen) atoms. The van der Waals surface area contributed by atoms with Crippen molar-refractivity contribution in [2.24, 2.45) is 0 Å². The fourth-order valence-corrected chi connectivity index (χ4v) is 1.44. The van der Waals surface area contributed by atoms with Gasteiger partial charge < -0.3 is 0 Å². The van der Waals surface area contributed by atoms with Crippen LogP contribution in [-0.4, -0.2) is 20.2 Å². The third-order valence-corrected chi connectivity index (χ3v) is 2.26. The van der Waals surface area contributed by atoms with Crippen molar-refractivity contribution in [1.82, 2.24) is 20.2 Å². The molecule has 0 aliphatic heterocycles. The van der Waals surface area contributed by atoms with Crippen LogP contribution in [0.2, 0.25) is 0 Å². The van der Waals surface area contributed by atoms with Crippen LogP contribution in [-0.2, 0) is 6.42 Å². The van der Waals surface area contributed by atoms with Crippen LogP contribution in [0.25, 0.3) is 11.0 Å². The Bertz CT molecular complexity index is 444. The van der Waals surface area contributed by atoms with Gasteiger partial charge in [-0.25, -0.2) is 9.97 Å². The Morgan fingerprint density at radius 3 is 2.79 bits per heavy atom. The molecule has 2 rings (SSSR count). The van der Waals surface area contributed by atoms with Crippen molar-refractivity contribution in [3.05, 3.63) is 17.7 Å². The lowest BCUT2D eigenvalue weighted by Gasteiger charge is -2.05. The summed E-state index contributed by atoms with van der Waals surface area (Å²) in [7, 11) is 0. The first-order chi connectivity index (χ1) is 6.72. The molecule has 0 unspecified atom stereocenters. The van der Waals surface area contributed by atoms with E-state index in [1.54, 1.807) is 6.20 Å². The van der Waals surface area contributed by atoms with Gasteiger partial charge in [-0.1, -0.05) is 20.8 Å². The number of rotatable bonds is 2. The Kier molecular flexibility index (Phi) is 2.19. The Balaban J connectivity index is 2.67. The van der Waals surface area contributed by atoms with E-state index < -0.39 is 0 Å². The first kappa shape index (κ1) is 9.12. The van der Waals surface area contributed by atoms with Crippen LogP contribution in [0.5, 0.6) is 0 Å². The molecule has 0 aromatic carbocycles. The van der Waals surface area contributed by atoms with Gasteiger partial charge >= 0.3 is 0 Å². The van der Waals surface area contributed by atoms with Gasteiger partial charge in [0.25, 0.3) is 0 Å². The number of hydrogen-bond donors (Lipinski definition) is 1. The first-order valence-electron chi connectivity index (χ1n) is 4.92. The standard InChI is InChI=1S/C10H14N4/c1-4-8-7-5-11-14-10(7)13-9(12-8)6(2)3/h5-6H,4H2,1-3H3,(H,11,12,13,14). The Hall–Kier alpha value is -1.45. The molecule has 74 valence electrons. The summed E-state index contributed by atoms with van der Waals surface area (Å²) >= 11 is 0. The van der Waals surface area contributed by atoms with E-state index >= 15 is 0 Å². The average molecular weight is 190 g/mol. The normalized spacial score (nSPS) is 11.4. The van der Waals surface area contributed by atoms with Gasteiger partial charge in [-0.2, -0.15) is 5.10 Å². The summed E-state index contributed by atoms with van der Waals surface area (Å²) in [6.45, 7) is 6.28. The van der Waals surface area contributed by atoms with Gasteiger partial charge in [-0.15, -0.1) is 0 Å². The van der Waals surface area contributed by atoms with Gasteiger partial charge in [0.05, 0.1) is 17.3 Å². The largest absolute Gasteiger partial charge is 0.261 e. The molecule has 0 atom stereocenters. The van der Waals surface area contributed by atoms with E-state index in [0.717, 1.165) is 29.0 Å². The summed E-state index contributed by atoms with van der Waals surface area (Å²) in [5, 5.41) is 7.91. The molecule has 4 heteroatoms. The smallest absolute Gasteiger partial charge is 0.159 e. The van der Waals surface area contributed by atoms with E-state index in [9.17, 15) is 0 Å². The van der Waals surface area contributed by atoms with E-state index in [1.165, 1.54) is 0 Å². The summed E-state index contributed by atoms with van der Waals surface area (Å²) in [5.41, 5.74) is 1.92. The molecule has 0 saturated heterocycles. The Morgan fingerprint density at radius 1 is 1.36 bits per heavy atom. The summed E-state index contributed by atoms with van der Waals surface area (Å²) in [4.78, 5) is 8.93. The lowest BCUT2D eigenvalue weighted by atomic mass is 10.2. The molecule has 0 saturated carbocycles. The zero-order chi connectivity index (χ0) is 10.1. The highest BCUT2D eigenvalue weighted by Crippen LogP contribution is 2.17. The van der Waals surface area contributed by atoms with Gasteiger partial charge in [0.1, 0.15) is 5.82 Å². The molecule has 2 aromatic heterocycles. The number of nitrogens with zero attached hydrogens (tertiary/aromatic N) is 3.